The molecule has 0 aromatic rings. The largest absolute Gasteiger partial charge is 0.481 e. The highest BCUT2D eigenvalue weighted by Crippen LogP contribution is 2.37. The van der Waals surface area contributed by atoms with Gasteiger partial charge in [-0.3, -0.25) is 9.59 Å². The van der Waals surface area contributed by atoms with Gasteiger partial charge in [0, 0.05) is 20.2 Å². The van der Waals surface area contributed by atoms with E-state index in [1.807, 2.05) is 7.05 Å². The number of carbonyl (C=O) groups excluding carboxylic acids is 1. The first-order valence-electron chi connectivity index (χ1n) is 7.06. The molecule has 0 bridgehead atoms. The van der Waals surface area contributed by atoms with Crippen molar-refractivity contribution in [2.45, 2.75) is 50.7 Å². The van der Waals surface area contributed by atoms with Crippen LogP contribution in [0, 0.1) is 11.8 Å². The number of amides is 1. The maximum atomic E-state index is 12.3. The van der Waals surface area contributed by atoms with Crippen LogP contribution in [0.25, 0.3) is 0 Å². The van der Waals surface area contributed by atoms with Crippen molar-refractivity contribution >= 4 is 11.9 Å². The molecule has 1 amide bonds. The summed E-state index contributed by atoms with van der Waals surface area (Å²) in [6, 6.07) is 0.244. The van der Waals surface area contributed by atoms with Crippen LogP contribution in [-0.4, -0.2) is 48.2 Å². The highest BCUT2D eigenvalue weighted by Gasteiger charge is 2.43. The fourth-order valence-electron chi connectivity index (χ4n) is 3.20. The minimum atomic E-state index is -0.832. The molecule has 5 heteroatoms. The first kappa shape index (κ1) is 14.3. The molecule has 0 spiro atoms. The van der Waals surface area contributed by atoms with Crippen LogP contribution in [0.3, 0.4) is 0 Å². The summed E-state index contributed by atoms with van der Waals surface area (Å²) in [6.07, 6.45) is 5.52. The van der Waals surface area contributed by atoms with E-state index in [0.29, 0.717) is 18.9 Å². The predicted molar refractivity (Wildman–Crippen MR) is 69.7 cm³/mol. The monoisotopic (exact) mass is 269 g/mol. The molecule has 2 fully saturated rings. The van der Waals surface area contributed by atoms with Crippen LogP contribution in [0.1, 0.15) is 38.5 Å². The van der Waals surface area contributed by atoms with Gasteiger partial charge < -0.3 is 14.7 Å². The van der Waals surface area contributed by atoms with Gasteiger partial charge in [0.05, 0.1) is 17.9 Å². The summed E-state index contributed by atoms with van der Waals surface area (Å²) in [6.45, 7) is 0. The number of methoxy groups -OCH3 is 1. The van der Waals surface area contributed by atoms with Crippen LogP contribution in [-0.2, 0) is 14.3 Å². The molecule has 2 saturated carbocycles. The first-order valence-corrected chi connectivity index (χ1v) is 7.06. The Bertz CT molecular complexity index is 349. The van der Waals surface area contributed by atoms with E-state index in [4.69, 9.17) is 9.84 Å². The molecule has 0 saturated heterocycles. The number of carboxylic acid groups (broad SMARTS) is 1. The molecule has 2 rings (SSSR count). The summed E-state index contributed by atoms with van der Waals surface area (Å²) in [5.41, 5.74) is 0. The molecule has 0 aliphatic heterocycles. The lowest BCUT2D eigenvalue weighted by Crippen LogP contribution is -2.49. The average Bonchev–Trinajstić information content (AvgIpc) is 2.36. The molecule has 2 aliphatic carbocycles. The molecular weight excluding hydrogens is 246 g/mol. The number of hydrogen-bond donors (Lipinski definition) is 1. The Hall–Kier alpha value is -1.10. The second kappa shape index (κ2) is 5.90. The lowest BCUT2D eigenvalue weighted by molar-refractivity contribution is -0.157. The van der Waals surface area contributed by atoms with Crippen molar-refractivity contribution in [3.8, 4) is 0 Å². The smallest absolute Gasteiger partial charge is 0.307 e. The van der Waals surface area contributed by atoms with Gasteiger partial charge in [-0.1, -0.05) is 0 Å². The standard InChI is InChI=1S/C14H23NO4/c1-15(9-3-5-10(19-2)6-4-9)13(16)11-7-8-12(11)14(17)18/h9-12H,3-8H2,1-2H3,(H,17,18). The Kier molecular flexibility index (Phi) is 4.45. The highest BCUT2D eigenvalue weighted by molar-refractivity contribution is 5.86. The van der Waals surface area contributed by atoms with Gasteiger partial charge in [0.25, 0.3) is 0 Å². The van der Waals surface area contributed by atoms with Gasteiger partial charge in [-0.05, 0) is 38.5 Å². The van der Waals surface area contributed by atoms with Gasteiger partial charge in [0.15, 0.2) is 0 Å². The third kappa shape index (κ3) is 2.91. The summed E-state index contributed by atoms with van der Waals surface area (Å²) in [5, 5.41) is 9.02. The Morgan fingerprint density at radius 1 is 1.05 bits per heavy atom. The van der Waals surface area contributed by atoms with E-state index in [9.17, 15) is 9.59 Å². The quantitative estimate of drug-likeness (QED) is 0.840. The van der Waals surface area contributed by atoms with E-state index in [-0.39, 0.29) is 17.9 Å². The Morgan fingerprint density at radius 3 is 2.05 bits per heavy atom. The summed E-state index contributed by atoms with van der Waals surface area (Å²) in [7, 11) is 3.54. The van der Waals surface area contributed by atoms with Crippen LogP contribution in [0.15, 0.2) is 0 Å². The minimum Gasteiger partial charge on any atom is -0.481 e. The van der Waals surface area contributed by atoms with Gasteiger partial charge in [0.1, 0.15) is 0 Å². The lowest BCUT2D eigenvalue weighted by Gasteiger charge is -2.40. The normalized spacial score (nSPS) is 34.4. The third-order valence-electron chi connectivity index (χ3n) is 4.78. The number of carboxylic acids is 1. The molecule has 2 aliphatic rings. The van der Waals surface area contributed by atoms with Gasteiger partial charge in [-0.2, -0.15) is 0 Å². The van der Waals surface area contributed by atoms with Crippen LogP contribution in [0.4, 0.5) is 0 Å². The molecule has 19 heavy (non-hydrogen) atoms. The number of nitrogens with zero attached hydrogens (tertiary/aromatic N) is 1. The zero-order valence-corrected chi connectivity index (χ0v) is 11.7. The Labute approximate surface area is 113 Å². The molecule has 2 atom stereocenters. The zero-order chi connectivity index (χ0) is 14.0. The summed E-state index contributed by atoms with van der Waals surface area (Å²) < 4.78 is 5.33. The molecule has 0 radical (unpaired) electrons. The van der Waals surface area contributed by atoms with Crippen molar-refractivity contribution in [1.82, 2.24) is 4.90 Å². The van der Waals surface area contributed by atoms with E-state index >= 15 is 0 Å². The van der Waals surface area contributed by atoms with E-state index in [1.165, 1.54) is 0 Å². The van der Waals surface area contributed by atoms with Gasteiger partial charge in [0.2, 0.25) is 5.91 Å². The zero-order valence-electron chi connectivity index (χ0n) is 11.7. The van der Waals surface area contributed by atoms with Crippen molar-refractivity contribution in [2.75, 3.05) is 14.2 Å². The maximum absolute atomic E-state index is 12.3. The molecule has 1 N–H and O–H groups in total. The molecule has 0 aromatic carbocycles. The van der Waals surface area contributed by atoms with Crippen LogP contribution < -0.4 is 0 Å². The molecular formula is C14H23NO4. The van der Waals surface area contributed by atoms with Crippen LogP contribution in [0.5, 0.6) is 0 Å². The number of carbonyl (C=O) groups is 2. The van der Waals surface area contributed by atoms with Crippen LogP contribution >= 0.6 is 0 Å². The van der Waals surface area contributed by atoms with E-state index in [1.54, 1.807) is 12.0 Å². The van der Waals surface area contributed by atoms with E-state index in [2.05, 4.69) is 0 Å². The fraction of sp³-hybridized carbons (Fsp3) is 0.857. The van der Waals surface area contributed by atoms with Crippen molar-refractivity contribution in [1.29, 1.82) is 0 Å². The van der Waals surface area contributed by atoms with Gasteiger partial charge in [-0.15, -0.1) is 0 Å². The number of rotatable bonds is 4. The van der Waals surface area contributed by atoms with Crippen molar-refractivity contribution in [3.05, 3.63) is 0 Å². The second-order valence-electron chi connectivity index (χ2n) is 5.74. The first-order chi connectivity index (χ1) is 9.04. The molecule has 5 nitrogen and oxygen atoms in total. The highest BCUT2D eigenvalue weighted by atomic mass is 16.5. The summed E-state index contributed by atoms with van der Waals surface area (Å²) in [4.78, 5) is 25.1. The molecule has 0 heterocycles. The Balaban J connectivity index is 1.88. The second-order valence-corrected chi connectivity index (χ2v) is 5.74. The van der Waals surface area contributed by atoms with Gasteiger partial charge >= 0.3 is 5.97 Å². The number of ether oxygens (including phenoxy) is 1. The SMILES string of the molecule is COC1CCC(N(C)C(=O)C2CCC2C(=O)O)CC1. The van der Waals surface area contributed by atoms with E-state index in [0.717, 1.165) is 25.7 Å². The minimum absolute atomic E-state index is 0.0134. The topological polar surface area (TPSA) is 66.8 Å². The average molecular weight is 269 g/mol. The maximum Gasteiger partial charge on any atom is 0.307 e. The predicted octanol–water partition coefficient (Wildman–Crippen LogP) is 1.51. The van der Waals surface area contributed by atoms with Crippen molar-refractivity contribution in [2.24, 2.45) is 11.8 Å². The Morgan fingerprint density at radius 2 is 1.63 bits per heavy atom. The van der Waals surface area contributed by atoms with Gasteiger partial charge in [-0.25, -0.2) is 0 Å². The third-order valence-corrected chi connectivity index (χ3v) is 4.78. The number of hydrogen-bond acceptors (Lipinski definition) is 3. The van der Waals surface area contributed by atoms with Crippen molar-refractivity contribution < 1.29 is 19.4 Å². The number of aliphatic carboxylic acids is 1. The molecule has 2 unspecified atom stereocenters. The van der Waals surface area contributed by atoms with Crippen LogP contribution in [0.2, 0.25) is 0 Å². The van der Waals surface area contributed by atoms with E-state index < -0.39 is 11.9 Å². The van der Waals surface area contributed by atoms with Crippen molar-refractivity contribution in [3.63, 3.8) is 0 Å². The molecule has 108 valence electrons. The lowest BCUT2D eigenvalue weighted by atomic mass is 9.72. The molecule has 0 aromatic heterocycles. The summed E-state index contributed by atoms with van der Waals surface area (Å²) in [5.74, 6) is -1.59. The summed E-state index contributed by atoms with van der Waals surface area (Å²) >= 11 is 0. The fourth-order valence-corrected chi connectivity index (χ4v) is 3.20.